The van der Waals surface area contributed by atoms with Gasteiger partial charge in [-0.3, -0.25) is 9.69 Å². The minimum absolute atomic E-state index is 0.0547. The van der Waals surface area contributed by atoms with Crippen LogP contribution in [-0.4, -0.2) is 30.6 Å². The van der Waals surface area contributed by atoms with Crippen molar-refractivity contribution in [3.8, 4) is 0 Å². The molecule has 0 saturated carbocycles. The van der Waals surface area contributed by atoms with E-state index in [4.69, 9.17) is 4.74 Å². The number of ether oxygens (including phenoxy) is 1. The van der Waals surface area contributed by atoms with Crippen LogP contribution in [-0.2, 0) is 9.53 Å². The van der Waals surface area contributed by atoms with E-state index in [0.717, 1.165) is 23.1 Å². The fourth-order valence-electron chi connectivity index (χ4n) is 2.38. The van der Waals surface area contributed by atoms with Gasteiger partial charge in [-0.05, 0) is 44.1 Å². The summed E-state index contributed by atoms with van der Waals surface area (Å²) >= 11 is 3.62. The first-order valence-corrected chi connectivity index (χ1v) is 7.98. The minimum Gasteiger partial charge on any atom is -0.466 e. The molecule has 0 aliphatic heterocycles. The number of hydrogen-bond donors (Lipinski definition) is 0. The number of aryl methyl sites for hydroxylation is 1. The van der Waals surface area contributed by atoms with Gasteiger partial charge in [0.15, 0.2) is 0 Å². The smallest absolute Gasteiger partial charge is 0.307 e. The molecule has 1 aromatic carbocycles. The summed E-state index contributed by atoms with van der Waals surface area (Å²) in [5.41, 5.74) is 2.35. The molecule has 0 saturated heterocycles. The molecular formula is C16H24BrNO2. The van der Waals surface area contributed by atoms with Crippen LogP contribution in [0.1, 0.15) is 44.4 Å². The van der Waals surface area contributed by atoms with Gasteiger partial charge in [-0.25, -0.2) is 0 Å². The fourth-order valence-corrected chi connectivity index (χ4v) is 3.14. The van der Waals surface area contributed by atoms with Crippen LogP contribution in [0.25, 0.3) is 0 Å². The maximum Gasteiger partial charge on any atom is 0.307 e. The van der Waals surface area contributed by atoms with Gasteiger partial charge in [0.1, 0.15) is 0 Å². The van der Waals surface area contributed by atoms with Gasteiger partial charge < -0.3 is 4.74 Å². The number of hydrogen-bond acceptors (Lipinski definition) is 3. The van der Waals surface area contributed by atoms with E-state index in [-0.39, 0.29) is 12.0 Å². The SMILES string of the molecule is CCOC(=O)CC(c1ccc(C)cc1Br)N(CC)CC. The van der Waals surface area contributed by atoms with Gasteiger partial charge >= 0.3 is 5.97 Å². The van der Waals surface area contributed by atoms with Crippen LogP contribution in [0.15, 0.2) is 22.7 Å². The Labute approximate surface area is 130 Å². The van der Waals surface area contributed by atoms with E-state index >= 15 is 0 Å². The molecule has 0 radical (unpaired) electrons. The topological polar surface area (TPSA) is 29.5 Å². The quantitative estimate of drug-likeness (QED) is 0.699. The van der Waals surface area contributed by atoms with Crippen molar-refractivity contribution in [3.05, 3.63) is 33.8 Å². The molecule has 3 nitrogen and oxygen atoms in total. The van der Waals surface area contributed by atoms with Gasteiger partial charge in [0, 0.05) is 10.5 Å². The number of carbonyl (C=O) groups excluding carboxylic acids is 1. The summed E-state index contributed by atoms with van der Waals surface area (Å²) in [6.45, 7) is 10.4. The Morgan fingerprint density at radius 2 is 1.95 bits per heavy atom. The lowest BCUT2D eigenvalue weighted by atomic mass is 10.0. The van der Waals surface area contributed by atoms with Crippen molar-refractivity contribution >= 4 is 21.9 Å². The first-order valence-electron chi connectivity index (χ1n) is 7.19. The van der Waals surface area contributed by atoms with E-state index in [9.17, 15) is 4.79 Å². The van der Waals surface area contributed by atoms with Gasteiger partial charge in [-0.15, -0.1) is 0 Å². The van der Waals surface area contributed by atoms with Crippen LogP contribution in [0.2, 0.25) is 0 Å². The molecule has 1 aromatic rings. The lowest BCUT2D eigenvalue weighted by Crippen LogP contribution is -2.31. The minimum atomic E-state index is -0.142. The third-order valence-corrected chi connectivity index (χ3v) is 4.12. The summed E-state index contributed by atoms with van der Waals surface area (Å²) in [6, 6.07) is 6.33. The van der Waals surface area contributed by atoms with Crippen molar-refractivity contribution in [1.82, 2.24) is 4.90 Å². The van der Waals surface area contributed by atoms with Gasteiger partial charge in [0.05, 0.1) is 13.0 Å². The lowest BCUT2D eigenvalue weighted by Gasteiger charge is -2.30. The van der Waals surface area contributed by atoms with Gasteiger partial charge in [-0.1, -0.05) is 41.9 Å². The standard InChI is InChI=1S/C16H24BrNO2/c1-5-18(6-2)15(11-16(19)20-7-3)13-9-8-12(4)10-14(13)17/h8-10,15H,5-7,11H2,1-4H3. The molecule has 0 heterocycles. The summed E-state index contributed by atoms with van der Waals surface area (Å²) in [5.74, 6) is -0.142. The Morgan fingerprint density at radius 1 is 1.30 bits per heavy atom. The Hall–Kier alpha value is -0.870. The first kappa shape index (κ1) is 17.2. The Kier molecular flexibility index (Phi) is 7.24. The number of esters is 1. The number of rotatable bonds is 7. The second kappa shape index (κ2) is 8.42. The van der Waals surface area contributed by atoms with Crippen LogP contribution in [0.4, 0.5) is 0 Å². The predicted octanol–water partition coefficient (Wildman–Crippen LogP) is 4.09. The average Bonchev–Trinajstić information content (AvgIpc) is 2.39. The molecule has 0 aliphatic carbocycles. The van der Waals surface area contributed by atoms with Gasteiger partial charge in [-0.2, -0.15) is 0 Å². The van der Waals surface area contributed by atoms with Crippen LogP contribution < -0.4 is 0 Å². The molecule has 0 aromatic heterocycles. The second-order valence-electron chi connectivity index (χ2n) is 4.77. The van der Waals surface area contributed by atoms with Crippen molar-refractivity contribution in [2.45, 2.75) is 40.2 Å². The van der Waals surface area contributed by atoms with Crippen molar-refractivity contribution in [2.75, 3.05) is 19.7 Å². The van der Waals surface area contributed by atoms with Crippen molar-refractivity contribution in [1.29, 1.82) is 0 Å². The Morgan fingerprint density at radius 3 is 2.45 bits per heavy atom. The van der Waals surface area contributed by atoms with Gasteiger partial charge in [0.25, 0.3) is 0 Å². The predicted molar refractivity (Wildman–Crippen MR) is 85.8 cm³/mol. The molecule has 0 bridgehead atoms. The lowest BCUT2D eigenvalue weighted by molar-refractivity contribution is -0.144. The van der Waals surface area contributed by atoms with Crippen molar-refractivity contribution in [2.24, 2.45) is 0 Å². The molecular weight excluding hydrogens is 318 g/mol. The number of benzene rings is 1. The van der Waals surface area contributed by atoms with Gasteiger partial charge in [0.2, 0.25) is 0 Å². The highest BCUT2D eigenvalue weighted by Gasteiger charge is 2.23. The highest BCUT2D eigenvalue weighted by molar-refractivity contribution is 9.10. The first-order chi connectivity index (χ1) is 9.53. The van der Waals surface area contributed by atoms with Crippen LogP contribution in [0.3, 0.4) is 0 Å². The van der Waals surface area contributed by atoms with E-state index in [2.05, 4.69) is 59.8 Å². The van der Waals surface area contributed by atoms with Crippen molar-refractivity contribution < 1.29 is 9.53 Å². The molecule has 20 heavy (non-hydrogen) atoms. The largest absolute Gasteiger partial charge is 0.466 e. The number of carbonyl (C=O) groups is 1. The molecule has 1 atom stereocenters. The molecule has 0 aliphatic rings. The zero-order valence-electron chi connectivity index (χ0n) is 12.8. The molecule has 0 spiro atoms. The van der Waals surface area contributed by atoms with E-state index in [1.54, 1.807) is 0 Å². The summed E-state index contributed by atoms with van der Waals surface area (Å²) in [7, 11) is 0. The Bertz CT molecular complexity index is 444. The zero-order chi connectivity index (χ0) is 15.1. The van der Waals surface area contributed by atoms with E-state index < -0.39 is 0 Å². The maximum absolute atomic E-state index is 11.9. The maximum atomic E-state index is 11.9. The average molecular weight is 342 g/mol. The van der Waals surface area contributed by atoms with E-state index in [0.29, 0.717) is 13.0 Å². The van der Waals surface area contributed by atoms with Crippen LogP contribution in [0, 0.1) is 6.92 Å². The number of halogens is 1. The molecule has 112 valence electrons. The molecule has 1 unspecified atom stereocenters. The summed E-state index contributed by atoms with van der Waals surface area (Å²) in [5, 5.41) is 0. The van der Waals surface area contributed by atoms with Crippen LogP contribution in [0.5, 0.6) is 0 Å². The zero-order valence-corrected chi connectivity index (χ0v) is 14.4. The summed E-state index contributed by atoms with van der Waals surface area (Å²) in [4.78, 5) is 14.2. The molecule has 0 N–H and O–H groups in total. The summed E-state index contributed by atoms with van der Waals surface area (Å²) < 4.78 is 6.17. The van der Waals surface area contributed by atoms with Crippen molar-refractivity contribution in [3.63, 3.8) is 0 Å². The van der Waals surface area contributed by atoms with E-state index in [1.807, 2.05) is 6.92 Å². The molecule has 1 rings (SSSR count). The third kappa shape index (κ3) is 4.60. The fraction of sp³-hybridized carbons (Fsp3) is 0.562. The summed E-state index contributed by atoms with van der Waals surface area (Å²) in [6.07, 6.45) is 0.386. The number of nitrogens with zero attached hydrogens (tertiary/aromatic N) is 1. The van der Waals surface area contributed by atoms with E-state index in [1.165, 1.54) is 5.56 Å². The normalized spacial score (nSPS) is 12.5. The highest BCUT2D eigenvalue weighted by Crippen LogP contribution is 2.31. The molecule has 0 fully saturated rings. The molecule has 4 heteroatoms. The Balaban J connectivity index is 3.05. The highest BCUT2D eigenvalue weighted by atomic mass is 79.9. The van der Waals surface area contributed by atoms with Crippen LogP contribution >= 0.6 is 15.9 Å². The third-order valence-electron chi connectivity index (χ3n) is 3.43. The second-order valence-corrected chi connectivity index (χ2v) is 5.63. The monoisotopic (exact) mass is 341 g/mol. The molecule has 0 amide bonds.